The SMILES string of the molecule is Cc1cc(C(F)(F)F)cc(O)c1-c1ccc(C=NCC(C)(C)O)c(N)n1. The van der Waals surface area contributed by atoms with Gasteiger partial charge in [0.15, 0.2) is 0 Å². The van der Waals surface area contributed by atoms with Crippen LogP contribution in [0.4, 0.5) is 19.0 Å². The number of aromatic hydroxyl groups is 1. The fourth-order valence-electron chi connectivity index (χ4n) is 2.37. The van der Waals surface area contributed by atoms with Gasteiger partial charge in [0.25, 0.3) is 0 Å². The number of aryl methyl sites for hydroxylation is 1. The Hall–Kier alpha value is -2.61. The summed E-state index contributed by atoms with van der Waals surface area (Å²) in [6, 6.07) is 4.75. The molecule has 4 N–H and O–H groups in total. The molecule has 2 aromatic rings. The number of hydrogen-bond donors (Lipinski definition) is 3. The smallest absolute Gasteiger partial charge is 0.416 e. The summed E-state index contributed by atoms with van der Waals surface area (Å²) in [5.74, 6) is -0.409. The Morgan fingerprint density at radius 2 is 1.88 bits per heavy atom. The van der Waals surface area contributed by atoms with E-state index in [1.165, 1.54) is 19.2 Å². The van der Waals surface area contributed by atoms with Crippen molar-refractivity contribution in [3.63, 3.8) is 0 Å². The summed E-state index contributed by atoms with van der Waals surface area (Å²) < 4.78 is 38.5. The number of benzene rings is 1. The lowest BCUT2D eigenvalue weighted by atomic mass is 10.00. The van der Waals surface area contributed by atoms with Crippen LogP contribution >= 0.6 is 0 Å². The molecule has 26 heavy (non-hydrogen) atoms. The van der Waals surface area contributed by atoms with Gasteiger partial charge in [0.05, 0.1) is 23.4 Å². The highest BCUT2D eigenvalue weighted by Crippen LogP contribution is 2.38. The number of aliphatic hydroxyl groups is 1. The van der Waals surface area contributed by atoms with Crippen molar-refractivity contribution < 1.29 is 23.4 Å². The third-order valence-corrected chi connectivity index (χ3v) is 3.56. The molecule has 8 heteroatoms. The van der Waals surface area contributed by atoms with Crippen molar-refractivity contribution >= 4 is 12.0 Å². The van der Waals surface area contributed by atoms with Gasteiger partial charge < -0.3 is 15.9 Å². The molecule has 0 fully saturated rings. The minimum Gasteiger partial charge on any atom is -0.507 e. The van der Waals surface area contributed by atoms with E-state index in [4.69, 9.17) is 5.73 Å². The van der Waals surface area contributed by atoms with Crippen molar-refractivity contribution in [2.45, 2.75) is 32.5 Å². The molecule has 0 radical (unpaired) electrons. The van der Waals surface area contributed by atoms with E-state index in [1.807, 2.05) is 0 Å². The van der Waals surface area contributed by atoms with Gasteiger partial charge in [0.2, 0.25) is 0 Å². The molecule has 0 unspecified atom stereocenters. The molecule has 0 aliphatic heterocycles. The monoisotopic (exact) mass is 367 g/mol. The number of nitrogens with two attached hydrogens (primary N) is 1. The minimum atomic E-state index is -4.55. The van der Waals surface area contributed by atoms with Gasteiger partial charge in [0, 0.05) is 17.3 Å². The first-order valence-electron chi connectivity index (χ1n) is 7.78. The summed E-state index contributed by atoms with van der Waals surface area (Å²) in [6.45, 7) is 4.87. The lowest BCUT2D eigenvalue weighted by molar-refractivity contribution is -0.137. The summed E-state index contributed by atoms with van der Waals surface area (Å²) in [4.78, 5) is 8.24. The standard InChI is InChI=1S/C18H20F3N3O2/c1-10-6-12(18(19,20)21)7-14(25)15(10)13-5-4-11(16(22)24-13)8-23-9-17(2,3)26/h4-8,25-26H,9H2,1-3H3,(H2,22,24). The van der Waals surface area contributed by atoms with E-state index in [9.17, 15) is 23.4 Å². The number of pyridine rings is 1. The minimum absolute atomic E-state index is 0.112. The molecule has 2 rings (SSSR count). The van der Waals surface area contributed by atoms with E-state index in [2.05, 4.69) is 9.98 Å². The van der Waals surface area contributed by atoms with Crippen LogP contribution in [0.15, 0.2) is 29.3 Å². The number of nitrogens with zero attached hydrogens (tertiary/aromatic N) is 2. The Kier molecular flexibility index (Phi) is 5.27. The molecule has 0 saturated heterocycles. The third kappa shape index (κ3) is 4.72. The molecule has 140 valence electrons. The number of phenols is 1. The lowest BCUT2D eigenvalue weighted by Crippen LogP contribution is -2.22. The van der Waals surface area contributed by atoms with Crippen LogP contribution in [0.25, 0.3) is 11.3 Å². The number of alkyl halides is 3. The molecule has 0 saturated carbocycles. The van der Waals surface area contributed by atoms with E-state index in [0.717, 1.165) is 6.07 Å². The van der Waals surface area contributed by atoms with Crippen LogP contribution in [-0.4, -0.2) is 33.6 Å². The summed E-state index contributed by atoms with van der Waals surface area (Å²) in [5.41, 5.74) is 5.17. The molecule has 0 spiro atoms. The highest BCUT2D eigenvalue weighted by molar-refractivity contribution is 5.87. The number of phenolic OH excluding ortho intramolecular Hbond substituents is 1. The molecule has 0 aliphatic rings. The summed E-state index contributed by atoms with van der Waals surface area (Å²) in [5, 5.41) is 19.7. The number of nitrogen functional groups attached to an aromatic ring is 1. The molecule has 1 heterocycles. The van der Waals surface area contributed by atoms with E-state index >= 15 is 0 Å². The predicted molar refractivity (Wildman–Crippen MR) is 94.2 cm³/mol. The Balaban J connectivity index is 2.38. The van der Waals surface area contributed by atoms with Gasteiger partial charge in [0.1, 0.15) is 11.6 Å². The molecule has 0 aliphatic carbocycles. The van der Waals surface area contributed by atoms with Crippen molar-refractivity contribution in [3.05, 3.63) is 41.0 Å². The third-order valence-electron chi connectivity index (χ3n) is 3.56. The van der Waals surface area contributed by atoms with Gasteiger partial charge in [-0.3, -0.25) is 4.99 Å². The van der Waals surface area contributed by atoms with E-state index in [-0.39, 0.29) is 29.2 Å². The van der Waals surface area contributed by atoms with Gasteiger partial charge in [-0.1, -0.05) is 0 Å². The van der Waals surface area contributed by atoms with E-state index < -0.39 is 23.1 Å². The average molecular weight is 367 g/mol. The Morgan fingerprint density at radius 1 is 1.23 bits per heavy atom. The summed E-state index contributed by atoms with van der Waals surface area (Å²) >= 11 is 0. The second kappa shape index (κ2) is 6.95. The van der Waals surface area contributed by atoms with Crippen LogP contribution in [0, 0.1) is 6.92 Å². The lowest BCUT2D eigenvalue weighted by Gasteiger charge is -2.14. The molecule has 5 nitrogen and oxygen atoms in total. The largest absolute Gasteiger partial charge is 0.507 e. The van der Waals surface area contributed by atoms with Crippen molar-refractivity contribution in [1.29, 1.82) is 0 Å². The Labute approximate surface area is 149 Å². The highest BCUT2D eigenvalue weighted by atomic mass is 19.4. The number of hydrogen-bond acceptors (Lipinski definition) is 5. The normalized spacial score (nSPS) is 12.7. The zero-order valence-corrected chi connectivity index (χ0v) is 14.6. The van der Waals surface area contributed by atoms with Gasteiger partial charge in [-0.15, -0.1) is 0 Å². The molecule has 0 atom stereocenters. The quantitative estimate of drug-likeness (QED) is 0.721. The number of aromatic nitrogens is 1. The van der Waals surface area contributed by atoms with E-state index in [0.29, 0.717) is 11.6 Å². The first-order chi connectivity index (χ1) is 11.9. The van der Waals surface area contributed by atoms with Gasteiger partial charge in [-0.25, -0.2) is 4.98 Å². The second-order valence-corrected chi connectivity index (χ2v) is 6.64. The molecule has 1 aromatic heterocycles. The first kappa shape index (κ1) is 19.7. The molecule has 0 amide bonds. The van der Waals surface area contributed by atoms with Crippen molar-refractivity contribution in [2.75, 3.05) is 12.3 Å². The maximum atomic E-state index is 12.8. The van der Waals surface area contributed by atoms with Gasteiger partial charge in [-0.2, -0.15) is 13.2 Å². The molecule has 1 aromatic carbocycles. The highest BCUT2D eigenvalue weighted by Gasteiger charge is 2.32. The van der Waals surface area contributed by atoms with E-state index in [1.54, 1.807) is 19.9 Å². The fourth-order valence-corrected chi connectivity index (χ4v) is 2.37. The Morgan fingerprint density at radius 3 is 2.38 bits per heavy atom. The Bertz CT molecular complexity index is 818. The van der Waals surface area contributed by atoms with Crippen LogP contribution in [-0.2, 0) is 6.18 Å². The predicted octanol–water partition coefficient (Wildman–Crippen LogP) is 3.55. The van der Waals surface area contributed by atoms with Crippen molar-refractivity contribution in [3.8, 4) is 17.0 Å². The number of anilines is 1. The molecule has 0 bridgehead atoms. The number of aliphatic imine (C=N–C) groups is 1. The fraction of sp³-hybridized carbons (Fsp3) is 0.333. The summed E-state index contributed by atoms with van der Waals surface area (Å²) in [7, 11) is 0. The van der Waals surface area contributed by atoms with Crippen LogP contribution in [0.3, 0.4) is 0 Å². The first-order valence-corrected chi connectivity index (χ1v) is 7.78. The van der Waals surface area contributed by atoms with Crippen LogP contribution in [0.1, 0.15) is 30.5 Å². The van der Waals surface area contributed by atoms with Gasteiger partial charge >= 0.3 is 6.18 Å². The molecular formula is C18H20F3N3O2. The maximum absolute atomic E-state index is 12.8. The van der Waals surface area contributed by atoms with Crippen LogP contribution < -0.4 is 5.73 Å². The number of rotatable bonds is 4. The zero-order valence-electron chi connectivity index (χ0n) is 14.6. The maximum Gasteiger partial charge on any atom is 0.416 e. The second-order valence-electron chi connectivity index (χ2n) is 6.64. The number of halogens is 3. The van der Waals surface area contributed by atoms with Gasteiger partial charge in [-0.05, 0) is 50.6 Å². The average Bonchev–Trinajstić information content (AvgIpc) is 2.46. The summed E-state index contributed by atoms with van der Waals surface area (Å²) in [6.07, 6.45) is -3.09. The van der Waals surface area contributed by atoms with Crippen LogP contribution in [0.5, 0.6) is 5.75 Å². The van der Waals surface area contributed by atoms with Crippen molar-refractivity contribution in [1.82, 2.24) is 4.98 Å². The van der Waals surface area contributed by atoms with Crippen molar-refractivity contribution in [2.24, 2.45) is 4.99 Å². The zero-order chi connectivity index (χ0) is 19.7. The topological polar surface area (TPSA) is 91.7 Å². The van der Waals surface area contributed by atoms with Crippen LogP contribution in [0.2, 0.25) is 0 Å². The molecular weight excluding hydrogens is 347 g/mol.